The van der Waals surface area contributed by atoms with E-state index in [-0.39, 0.29) is 11.1 Å². The molecule has 1 amide bonds. The van der Waals surface area contributed by atoms with Gasteiger partial charge in [-0.1, -0.05) is 17.7 Å². The zero-order valence-corrected chi connectivity index (χ0v) is 17.6. The van der Waals surface area contributed by atoms with Crippen LogP contribution < -0.4 is 15.4 Å². The van der Waals surface area contributed by atoms with E-state index in [9.17, 15) is 4.79 Å². The van der Waals surface area contributed by atoms with Crippen molar-refractivity contribution in [3.63, 3.8) is 0 Å². The fourth-order valence-electron chi connectivity index (χ4n) is 2.22. The normalized spacial score (nSPS) is 10.1. The second-order valence-electron chi connectivity index (χ2n) is 5.51. The number of benzene rings is 3. The smallest absolute Gasteiger partial charge is 0.266 e. The van der Waals surface area contributed by atoms with Crippen LogP contribution in [0.1, 0.15) is 10.4 Å². The molecule has 136 valence electrons. The number of hydrogen-bond donors (Lipinski definition) is 2. The Morgan fingerprint density at radius 1 is 0.926 bits per heavy atom. The Morgan fingerprint density at radius 2 is 1.56 bits per heavy atom. The van der Waals surface area contributed by atoms with Crippen molar-refractivity contribution in [2.24, 2.45) is 0 Å². The van der Waals surface area contributed by atoms with E-state index in [1.165, 1.54) is 0 Å². The molecule has 27 heavy (non-hydrogen) atoms. The lowest BCUT2D eigenvalue weighted by Crippen LogP contribution is -2.17. The van der Waals surface area contributed by atoms with E-state index in [1.54, 1.807) is 48.5 Å². The van der Waals surface area contributed by atoms with E-state index in [1.807, 2.05) is 24.3 Å². The number of thiocarbonyl (C=S) groups is 1. The number of hydrogen-bond acceptors (Lipinski definition) is 3. The van der Waals surface area contributed by atoms with Crippen molar-refractivity contribution in [2.75, 3.05) is 10.6 Å². The number of rotatable bonds is 4. The van der Waals surface area contributed by atoms with Crippen LogP contribution in [0.4, 0.5) is 11.4 Å². The largest absolute Gasteiger partial charge is 0.432 e. The Labute approximate surface area is 181 Å². The van der Waals surface area contributed by atoms with Gasteiger partial charge >= 0.3 is 0 Å². The summed E-state index contributed by atoms with van der Waals surface area (Å²) in [6, 6.07) is 21.5. The molecule has 0 unspecified atom stereocenters. The molecule has 2 N–H and O–H groups in total. The van der Waals surface area contributed by atoms with E-state index < -0.39 is 0 Å². The first-order chi connectivity index (χ1) is 13.0. The SMILES string of the molecule is O=C(Nc1ccc(Cl)cc1)c1cccc(OC(=S)Nc2ccc(I)cc2)c1. The zero-order valence-electron chi connectivity index (χ0n) is 13.9. The Kier molecular flexibility index (Phi) is 6.65. The first-order valence-electron chi connectivity index (χ1n) is 7.91. The van der Waals surface area contributed by atoms with Crippen LogP contribution in [0.25, 0.3) is 0 Å². The van der Waals surface area contributed by atoms with Crippen LogP contribution in [-0.2, 0) is 0 Å². The van der Waals surface area contributed by atoms with Crippen LogP contribution >= 0.6 is 46.4 Å². The third-order valence-electron chi connectivity index (χ3n) is 3.50. The number of ether oxygens (including phenoxy) is 1. The monoisotopic (exact) mass is 508 g/mol. The summed E-state index contributed by atoms with van der Waals surface area (Å²) in [7, 11) is 0. The summed E-state index contributed by atoms with van der Waals surface area (Å²) >= 11 is 13.3. The highest BCUT2D eigenvalue weighted by atomic mass is 127. The zero-order chi connectivity index (χ0) is 19.2. The summed E-state index contributed by atoms with van der Waals surface area (Å²) in [5.41, 5.74) is 1.95. The number of carbonyl (C=O) groups is 1. The van der Waals surface area contributed by atoms with Gasteiger partial charge in [0, 0.05) is 25.5 Å². The van der Waals surface area contributed by atoms with E-state index in [0.717, 1.165) is 9.26 Å². The van der Waals surface area contributed by atoms with Crippen molar-refractivity contribution in [2.45, 2.75) is 0 Å². The summed E-state index contributed by atoms with van der Waals surface area (Å²) in [6.45, 7) is 0. The third kappa shape index (κ3) is 5.92. The van der Waals surface area contributed by atoms with Crippen LogP contribution in [0.15, 0.2) is 72.8 Å². The maximum absolute atomic E-state index is 12.4. The fourth-order valence-corrected chi connectivity index (χ4v) is 2.92. The molecule has 3 aromatic rings. The highest BCUT2D eigenvalue weighted by Crippen LogP contribution is 2.18. The van der Waals surface area contributed by atoms with Crippen LogP contribution in [0.3, 0.4) is 0 Å². The molecule has 0 saturated carbocycles. The minimum atomic E-state index is -0.251. The summed E-state index contributed by atoms with van der Waals surface area (Å²) in [4.78, 5) is 12.4. The second kappa shape index (κ2) is 9.16. The molecular formula is C20H14ClIN2O2S. The van der Waals surface area contributed by atoms with Gasteiger partial charge in [0.15, 0.2) is 0 Å². The molecule has 0 saturated heterocycles. The number of carbonyl (C=O) groups excluding carboxylic acids is 1. The van der Waals surface area contributed by atoms with Crippen LogP contribution in [-0.4, -0.2) is 11.1 Å². The first kappa shape index (κ1) is 19.6. The van der Waals surface area contributed by atoms with Crippen molar-refractivity contribution in [3.8, 4) is 5.75 Å². The van der Waals surface area contributed by atoms with Gasteiger partial charge in [0.1, 0.15) is 5.75 Å². The molecule has 0 fully saturated rings. The van der Waals surface area contributed by atoms with Crippen LogP contribution in [0, 0.1) is 3.57 Å². The maximum Gasteiger partial charge on any atom is 0.266 e. The molecule has 0 aliphatic carbocycles. The lowest BCUT2D eigenvalue weighted by atomic mass is 10.2. The van der Waals surface area contributed by atoms with Crippen molar-refractivity contribution in [1.29, 1.82) is 0 Å². The molecule has 3 rings (SSSR count). The number of anilines is 2. The second-order valence-corrected chi connectivity index (χ2v) is 7.56. The van der Waals surface area contributed by atoms with Crippen molar-refractivity contribution >= 4 is 68.9 Å². The predicted octanol–water partition coefficient (Wildman–Crippen LogP) is 5.97. The molecule has 7 heteroatoms. The summed E-state index contributed by atoms with van der Waals surface area (Å²) in [6.07, 6.45) is 0. The highest BCUT2D eigenvalue weighted by Gasteiger charge is 2.09. The van der Waals surface area contributed by atoms with Gasteiger partial charge in [-0.3, -0.25) is 4.79 Å². The van der Waals surface area contributed by atoms with Gasteiger partial charge in [-0.05, 0) is 102 Å². The molecule has 0 atom stereocenters. The maximum atomic E-state index is 12.4. The first-order valence-corrected chi connectivity index (χ1v) is 9.77. The highest BCUT2D eigenvalue weighted by molar-refractivity contribution is 14.1. The van der Waals surface area contributed by atoms with E-state index in [2.05, 4.69) is 33.2 Å². The van der Waals surface area contributed by atoms with E-state index >= 15 is 0 Å². The Bertz CT molecular complexity index is 962. The van der Waals surface area contributed by atoms with Gasteiger partial charge < -0.3 is 15.4 Å². The number of amides is 1. The molecule has 0 spiro atoms. The molecular weight excluding hydrogens is 495 g/mol. The van der Waals surface area contributed by atoms with Crippen molar-refractivity contribution in [1.82, 2.24) is 0 Å². The van der Waals surface area contributed by atoms with E-state index in [0.29, 0.717) is 22.0 Å². The molecule has 0 aromatic heterocycles. The quantitative estimate of drug-likeness (QED) is 0.337. The average molecular weight is 509 g/mol. The van der Waals surface area contributed by atoms with Crippen LogP contribution in [0.2, 0.25) is 5.02 Å². The van der Waals surface area contributed by atoms with Gasteiger partial charge in [0.05, 0.1) is 0 Å². The minimum absolute atomic E-state index is 0.200. The molecule has 0 heterocycles. The third-order valence-corrected chi connectivity index (χ3v) is 4.66. The van der Waals surface area contributed by atoms with Crippen molar-refractivity contribution in [3.05, 3.63) is 87.0 Å². The van der Waals surface area contributed by atoms with Gasteiger partial charge in [-0.2, -0.15) is 0 Å². The number of halogens is 2. The Hall–Kier alpha value is -2.16. The standard InChI is InChI=1S/C20H14ClIN2O2S/c21-14-4-8-16(9-5-14)23-19(25)13-2-1-3-18(12-13)26-20(27)24-17-10-6-15(22)7-11-17/h1-12H,(H,23,25)(H,24,27). The summed E-state index contributed by atoms with van der Waals surface area (Å²) < 4.78 is 6.76. The lowest BCUT2D eigenvalue weighted by Gasteiger charge is -2.11. The van der Waals surface area contributed by atoms with Gasteiger partial charge in [0.2, 0.25) is 0 Å². The molecule has 0 aliphatic heterocycles. The topological polar surface area (TPSA) is 50.4 Å². The summed E-state index contributed by atoms with van der Waals surface area (Å²) in [5, 5.41) is 6.62. The van der Waals surface area contributed by atoms with Gasteiger partial charge in [0.25, 0.3) is 11.1 Å². The Balaban J connectivity index is 1.63. The Morgan fingerprint density at radius 3 is 2.26 bits per heavy atom. The van der Waals surface area contributed by atoms with Crippen LogP contribution in [0.5, 0.6) is 5.75 Å². The molecule has 4 nitrogen and oxygen atoms in total. The molecule has 3 aromatic carbocycles. The van der Waals surface area contributed by atoms with Crippen molar-refractivity contribution < 1.29 is 9.53 Å². The average Bonchev–Trinajstić information content (AvgIpc) is 2.65. The number of nitrogens with one attached hydrogen (secondary N) is 2. The molecule has 0 bridgehead atoms. The predicted molar refractivity (Wildman–Crippen MR) is 122 cm³/mol. The van der Waals surface area contributed by atoms with E-state index in [4.69, 9.17) is 28.6 Å². The van der Waals surface area contributed by atoms with Gasteiger partial charge in [-0.15, -0.1) is 0 Å². The molecule has 0 radical (unpaired) electrons. The van der Waals surface area contributed by atoms with Gasteiger partial charge in [-0.25, -0.2) is 0 Å². The lowest BCUT2D eigenvalue weighted by molar-refractivity contribution is 0.102. The molecule has 0 aliphatic rings. The minimum Gasteiger partial charge on any atom is -0.432 e. The fraction of sp³-hybridized carbons (Fsp3) is 0. The summed E-state index contributed by atoms with van der Waals surface area (Å²) in [5.74, 6) is 0.223.